The van der Waals surface area contributed by atoms with Gasteiger partial charge in [0, 0.05) is 23.9 Å². The highest BCUT2D eigenvalue weighted by Crippen LogP contribution is 2.37. The van der Waals surface area contributed by atoms with Gasteiger partial charge in [0.15, 0.2) is 0 Å². The maximum atomic E-state index is 13.9. The molecule has 1 aromatic heterocycles. The zero-order chi connectivity index (χ0) is 25.8. The van der Waals surface area contributed by atoms with Gasteiger partial charge in [0.1, 0.15) is 5.82 Å². The Hall–Kier alpha value is -3.66. The van der Waals surface area contributed by atoms with Gasteiger partial charge in [-0.2, -0.15) is 0 Å². The van der Waals surface area contributed by atoms with Crippen LogP contribution in [0.25, 0.3) is 11.3 Å². The Morgan fingerprint density at radius 1 is 0.919 bits per heavy atom. The first-order chi connectivity index (χ1) is 17.9. The summed E-state index contributed by atoms with van der Waals surface area (Å²) < 4.78 is 2.21. The smallest absolute Gasteiger partial charge is 0.252 e. The molecular weight excluding hydrogens is 454 g/mol. The predicted molar refractivity (Wildman–Crippen MR) is 151 cm³/mol. The van der Waals surface area contributed by atoms with Crippen LogP contribution in [-0.4, -0.2) is 15.5 Å². The first-order valence-corrected chi connectivity index (χ1v) is 13.5. The molecule has 1 aliphatic rings. The molecule has 0 spiro atoms. The quantitative estimate of drug-likeness (QED) is 0.287. The van der Waals surface area contributed by atoms with Gasteiger partial charge in [-0.05, 0) is 41.4 Å². The van der Waals surface area contributed by atoms with E-state index in [1.54, 1.807) is 0 Å². The molecule has 1 atom stereocenters. The molecule has 0 aliphatic heterocycles. The second kappa shape index (κ2) is 10.8. The van der Waals surface area contributed by atoms with Crippen LogP contribution < -0.4 is 5.32 Å². The lowest BCUT2D eigenvalue weighted by Gasteiger charge is -2.32. The number of aromatic nitrogens is 2. The molecule has 1 saturated carbocycles. The van der Waals surface area contributed by atoms with Gasteiger partial charge in [0.05, 0.1) is 11.7 Å². The summed E-state index contributed by atoms with van der Waals surface area (Å²) in [5, 5.41) is 3.42. The van der Waals surface area contributed by atoms with Crippen molar-refractivity contribution < 1.29 is 4.79 Å². The van der Waals surface area contributed by atoms with Crippen molar-refractivity contribution in [2.24, 2.45) is 5.41 Å². The Morgan fingerprint density at radius 2 is 1.54 bits per heavy atom. The molecule has 1 fully saturated rings. The second-order valence-electron chi connectivity index (χ2n) is 11.3. The lowest BCUT2D eigenvalue weighted by molar-refractivity contribution is 0.0894. The van der Waals surface area contributed by atoms with Crippen LogP contribution in [0.3, 0.4) is 0 Å². The van der Waals surface area contributed by atoms with Gasteiger partial charge >= 0.3 is 0 Å². The summed E-state index contributed by atoms with van der Waals surface area (Å²) in [6.45, 7) is 7.21. The molecule has 5 rings (SSSR count). The fourth-order valence-corrected chi connectivity index (χ4v) is 5.49. The van der Waals surface area contributed by atoms with E-state index in [0.29, 0.717) is 12.5 Å². The highest BCUT2D eigenvalue weighted by molar-refractivity contribution is 5.96. The third-order valence-corrected chi connectivity index (χ3v) is 7.47. The van der Waals surface area contributed by atoms with Crippen molar-refractivity contribution in [1.29, 1.82) is 0 Å². The van der Waals surface area contributed by atoms with Crippen LogP contribution >= 0.6 is 0 Å². The largest absolute Gasteiger partial charge is 0.342 e. The monoisotopic (exact) mass is 491 g/mol. The molecule has 4 nitrogen and oxygen atoms in total. The van der Waals surface area contributed by atoms with Crippen LogP contribution in [0.1, 0.15) is 85.7 Å². The third kappa shape index (κ3) is 5.69. The molecule has 1 heterocycles. The number of nitrogens with one attached hydrogen (secondary N) is 1. The molecule has 1 aliphatic carbocycles. The van der Waals surface area contributed by atoms with E-state index in [4.69, 9.17) is 4.98 Å². The zero-order valence-electron chi connectivity index (χ0n) is 22.2. The summed E-state index contributed by atoms with van der Waals surface area (Å²) in [6, 6.07) is 28.6. The van der Waals surface area contributed by atoms with Gasteiger partial charge in [-0.15, -0.1) is 0 Å². The molecule has 0 radical (unpaired) electrons. The van der Waals surface area contributed by atoms with Crippen LogP contribution in [0.4, 0.5) is 0 Å². The average molecular weight is 492 g/mol. The highest BCUT2D eigenvalue weighted by Gasteiger charge is 2.33. The lowest BCUT2D eigenvalue weighted by Crippen LogP contribution is -2.39. The maximum absolute atomic E-state index is 13.9. The fourth-order valence-electron chi connectivity index (χ4n) is 5.49. The number of amides is 1. The highest BCUT2D eigenvalue weighted by atomic mass is 16.1. The molecule has 190 valence electrons. The van der Waals surface area contributed by atoms with Crippen LogP contribution in [-0.2, 0) is 6.54 Å². The number of carbonyl (C=O) groups excluding carboxylic acids is 1. The van der Waals surface area contributed by atoms with Crippen molar-refractivity contribution in [3.05, 3.63) is 114 Å². The minimum absolute atomic E-state index is 0.0158. The molecule has 4 aromatic rings. The van der Waals surface area contributed by atoms with E-state index in [0.717, 1.165) is 35.5 Å². The Kier molecular flexibility index (Phi) is 7.27. The zero-order valence-corrected chi connectivity index (χ0v) is 22.2. The summed E-state index contributed by atoms with van der Waals surface area (Å²) in [6.07, 6.45) is 6.92. The van der Waals surface area contributed by atoms with Crippen molar-refractivity contribution in [2.75, 3.05) is 0 Å². The number of hydrogen-bond acceptors (Lipinski definition) is 2. The second-order valence-corrected chi connectivity index (χ2v) is 11.3. The molecular formula is C33H37N3O. The van der Waals surface area contributed by atoms with Gasteiger partial charge in [-0.3, -0.25) is 4.79 Å². The number of carbonyl (C=O) groups is 1. The minimum Gasteiger partial charge on any atom is -0.342 e. The normalized spacial score (nSPS) is 15.0. The first-order valence-electron chi connectivity index (χ1n) is 13.5. The molecule has 37 heavy (non-hydrogen) atoms. The molecule has 0 saturated heterocycles. The van der Waals surface area contributed by atoms with Crippen molar-refractivity contribution in [2.45, 2.75) is 65.0 Å². The minimum atomic E-state index is -0.266. The fraction of sp³-hybridized carbons (Fsp3) is 0.333. The molecule has 0 unspecified atom stereocenters. The molecule has 3 aromatic carbocycles. The van der Waals surface area contributed by atoms with Gasteiger partial charge in [-0.1, -0.05) is 112 Å². The van der Waals surface area contributed by atoms with E-state index >= 15 is 0 Å². The topological polar surface area (TPSA) is 46.9 Å². The van der Waals surface area contributed by atoms with E-state index in [1.807, 2.05) is 36.4 Å². The van der Waals surface area contributed by atoms with E-state index in [1.165, 1.54) is 24.0 Å². The van der Waals surface area contributed by atoms with E-state index < -0.39 is 0 Å². The average Bonchev–Trinajstić information content (AvgIpc) is 3.58. The van der Waals surface area contributed by atoms with Crippen LogP contribution in [0.5, 0.6) is 0 Å². The van der Waals surface area contributed by atoms with Crippen LogP contribution in [0, 0.1) is 5.41 Å². The Bertz CT molecular complexity index is 1330. The van der Waals surface area contributed by atoms with E-state index in [-0.39, 0.29) is 17.4 Å². The summed E-state index contributed by atoms with van der Waals surface area (Å²) in [7, 11) is 0. The molecule has 1 N–H and O–H groups in total. The van der Waals surface area contributed by atoms with Crippen molar-refractivity contribution in [1.82, 2.24) is 14.9 Å². The van der Waals surface area contributed by atoms with E-state index in [9.17, 15) is 4.79 Å². The van der Waals surface area contributed by atoms with Gasteiger partial charge < -0.3 is 9.88 Å². The molecule has 0 bridgehead atoms. The number of nitrogens with zero attached hydrogens (tertiary/aromatic N) is 2. The standard InChI is InChI=1S/C33H37N3O/c1-33(2,3)30(35-32(37)28-21-13-12-20-27(28)25-16-10-11-17-25)31-34-29(26-18-8-5-9-19-26)23-36(31)22-24-14-6-4-7-15-24/h4-9,12-15,18-21,23,25,30H,10-11,16-17,22H2,1-3H3,(H,35,37)/t30-/m0/s1. The van der Waals surface area contributed by atoms with Crippen LogP contribution in [0.2, 0.25) is 0 Å². The summed E-state index contributed by atoms with van der Waals surface area (Å²) in [5.41, 5.74) is 4.93. The SMILES string of the molecule is CC(C)(C)[C@@H](NC(=O)c1ccccc1C1CCCC1)c1nc(-c2ccccc2)cn1Cc1ccccc1. The lowest BCUT2D eigenvalue weighted by atomic mass is 9.85. The maximum Gasteiger partial charge on any atom is 0.252 e. The van der Waals surface area contributed by atoms with Crippen molar-refractivity contribution >= 4 is 5.91 Å². The molecule has 1 amide bonds. The van der Waals surface area contributed by atoms with Crippen LogP contribution in [0.15, 0.2) is 91.1 Å². The summed E-state index contributed by atoms with van der Waals surface area (Å²) in [4.78, 5) is 19.0. The Morgan fingerprint density at radius 3 is 2.22 bits per heavy atom. The Balaban J connectivity index is 1.53. The van der Waals surface area contributed by atoms with E-state index in [2.05, 4.69) is 85.4 Å². The third-order valence-electron chi connectivity index (χ3n) is 7.47. The molecule has 4 heteroatoms. The van der Waals surface area contributed by atoms with Gasteiger partial charge in [0.2, 0.25) is 0 Å². The number of rotatable bonds is 7. The number of benzene rings is 3. The number of imidazole rings is 1. The summed E-state index contributed by atoms with van der Waals surface area (Å²) >= 11 is 0. The number of hydrogen-bond donors (Lipinski definition) is 1. The van der Waals surface area contributed by atoms with Crippen molar-refractivity contribution in [3.8, 4) is 11.3 Å². The Labute approximate surface area is 220 Å². The first kappa shape index (κ1) is 25.0. The van der Waals surface area contributed by atoms with Gasteiger partial charge in [0.25, 0.3) is 5.91 Å². The van der Waals surface area contributed by atoms with Gasteiger partial charge in [-0.25, -0.2) is 4.98 Å². The summed E-state index contributed by atoms with van der Waals surface area (Å²) in [5.74, 6) is 1.33. The predicted octanol–water partition coefficient (Wildman–Crippen LogP) is 7.77. The van der Waals surface area contributed by atoms with Crippen molar-refractivity contribution in [3.63, 3.8) is 0 Å².